The summed E-state index contributed by atoms with van der Waals surface area (Å²) in [5.41, 5.74) is 8.17. The van der Waals surface area contributed by atoms with Crippen molar-refractivity contribution in [1.82, 2.24) is 20.3 Å². The molecule has 30 heavy (non-hydrogen) atoms. The van der Waals surface area contributed by atoms with E-state index < -0.39 is 5.97 Å². The van der Waals surface area contributed by atoms with Gasteiger partial charge in [0.15, 0.2) is 12.4 Å². The van der Waals surface area contributed by atoms with Crippen LogP contribution in [0.25, 0.3) is 0 Å². The second-order valence-corrected chi connectivity index (χ2v) is 6.46. The van der Waals surface area contributed by atoms with Crippen molar-refractivity contribution in [3.05, 3.63) is 71.5 Å². The molecular formula is C21H22N6O3. The van der Waals surface area contributed by atoms with Crippen LogP contribution < -0.4 is 16.4 Å². The summed E-state index contributed by atoms with van der Waals surface area (Å²) >= 11 is 0. The highest BCUT2D eigenvalue weighted by molar-refractivity contribution is 5.94. The van der Waals surface area contributed by atoms with Crippen molar-refractivity contribution in [3.8, 4) is 0 Å². The largest absolute Gasteiger partial charge is 0.457 e. The molecule has 0 spiro atoms. The number of aromatic nitrogens is 3. The van der Waals surface area contributed by atoms with E-state index in [2.05, 4.69) is 25.6 Å². The van der Waals surface area contributed by atoms with Gasteiger partial charge in [-0.2, -0.15) is 15.0 Å². The Morgan fingerprint density at radius 2 is 1.73 bits per heavy atom. The Morgan fingerprint density at radius 1 is 1.00 bits per heavy atom. The Balaban J connectivity index is 1.47. The lowest BCUT2D eigenvalue weighted by molar-refractivity contribution is -0.145. The predicted molar refractivity (Wildman–Crippen MR) is 112 cm³/mol. The number of esters is 1. The van der Waals surface area contributed by atoms with Crippen LogP contribution in [0.3, 0.4) is 0 Å². The topological polar surface area (TPSA) is 132 Å². The predicted octanol–water partition coefficient (Wildman–Crippen LogP) is 2.37. The summed E-state index contributed by atoms with van der Waals surface area (Å²) in [6, 6.07) is 16.4. The third kappa shape index (κ3) is 6.26. The number of benzene rings is 2. The molecule has 1 aromatic heterocycles. The number of aryl methyl sites for hydroxylation is 1. The van der Waals surface area contributed by atoms with E-state index in [0.717, 1.165) is 11.3 Å². The molecule has 0 fully saturated rings. The number of nitrogens with two attached hydrogens (primary N) is 1. The molecule has 0 aliphatic heterocycles. The average molecular weight is 406 g/mol. The number of anilines is 3. The first-order valence-electron chi connectivity index (χ1n) is 9.32. The van der Waals surface area contributed by atoms with Gasteiger partial charge in [0.05, 0.1) is 6.42 Å². The van der Waals surface area contributed by atoms with Gasteiger partial charge < -0.3 is 21.1 Å². The molecule has 0 bridgehead atoms. The molecule has 0 aliphatic rings. The minimum Gasteiger partial charge on any atom is -0.457 e. The number of carbonyl (C=O) groups is 2. The van der Waals surface area contributed by atoms with Gasteiger partial charge in [-0.15, -0.1) is 0 Å². The number of nitrogens with one attached hydrogen (secondary N) is 2. The second-order valence-electron chi connectivity index (χ2n) is 6.46. The van der Waals surface area contributed by atoms with Gasteiger partial charge in [-0.25, -0.2) is 0 Å². The molecule has 0 unspecified atom stereocenters. The molecule has 1 amide bonds. The van der Waals surface area contributed by atoms with Gasteiger partial charge in [-0.3, -0.25) is 9.59 Å². The highest BCUT2D eigenvalue weighted by atomic mass is 16.5. The van der Waals surface area contributed by atoms with Gasteiger partial charge in [-0.05, 0) is 31.2 Å². The van der Waals surface area contributed by atoms with Crippen LogP contribution in [0.15, 0.2) is 54.6 Å². The van der Waals surface area contributed by atoms with Gasteiger partial charge in [0.2, 0.25) is 11.9 Å². The summed E-state index contributed by atoms with van der Waals surface area (Å²) in [6.07, 6.45) is 0.0214. The van der Waals surface area contributed by atoms with Crippen molar-refractivity contribution in [3.63, 3.8) is 0 Å². The van der Waals surface area contributed by atoms with Crippen LogP contribution in [0.4, 0.5) is 17.6 Å². The fourth-order valence-corrected chi connectivity index (χ4v) is 2.51. The fraction of sp³-hybridized carbons (Fsp3) is 0.190. The Bertz CT molecular complexity index is 1010. The first-order chi connectivity index (χ1) is 14.5. The Kier molecular flexibility index (Phi) is 6.88. The molecule has 0 aliphatic carbocycles. The third-order valence-corrected chi connectivity index (χ3v) is 4.02. The van der Waals surface area contributed by atoms with Crippen molar-refractivity contribution in [2.75, 3.05) is 17.6 Å². The summed E-state index contributed by atoms with van der Waals surface area (Å²) < 4.78 is 5.17. The first kappa shape index (κ1) is 20.7. The molecule has 9 nitrogen and oxygen atoms in total. The van der Waals surface area contributed by atoms with Crippen molar-refractivity contribution < 1.29 is 14.3 Å². The van der Waals surface area contributed by atoms with Crippen LogP contribution in [-0.2, 0) is 16.1 Å². The number of carbonyl (C=O) groups excluding carboxylic acids is 2. The Hall–Kier alpha value is -4.01. The maximum absolute atomic E-state index is 11.9. The lowest BCUT2D eigenvalue weighted by atomic mass is 10.2. The molecule has 2 aromatic carbocycles. The molecule has 0 atom stereocenters. The molecule has 3 rings (SSSR count). The van der Waals surface area contributed by atoms with Crippen molar-refractivity contribution in [2.24, 2.45) is 0 Å². The van der Waals surface area contributed by atoms with Gasteiger partial charge in [0.25, 0.3) is 5.91 Å². The highest BCUT2D eigenvalue weighted by Gasteiger charge is 2.10. The molecule has 9 heteroatoms. The number of rotatable bonds is 8. The van der Waals surface area contributed by atoms with E-state index in [1.54, 1.807) is 24.3 Å². The zero-order valence-electron chi connectivity index (χ0n) is 16.5. The van der Waals surface area contributed by atoms with Crippen molar-refractivity contribution in [2.45, 2.75) is 20.0 Å². The van der Waals surface area contributed by atoms with Crippen molar-refractivity contribution >= 4 is 29.5 Å². The van der Waals surface area contributed by atoms with E-state index in [4.69, 9.17) is 10.5 Å². The van der Waals surface area contributed by atoms with E-state index >= 15 is 0 Å². The number of amides is 1. The quantitative estimate of drug-likeness (QED) is 0.486. The summed E-state index contributed by atoms with van der Waals surface area (Å²) in [7, 11) is 0. The molecule has 0 saturated heterocycles. The van der Waals surface area contributed by atoms with E-state index in [1.807, 2.05) is 37.3 Å². The molecule has 4 N–H and O–H groups in total. The van der Waals surface area contributed by atoms with Crippen LogP contribution in [0.2, 0.25) is 0 Å². The van der Waals surface area contributed by atoms with Gasteiger partial charge in [-0.1, -0.05) is 35.9 Å². The summed E-state index contributed by atoms with van der Waals surface area (Å²) in [4.78, 5) is 36.1. The molecule has 0 saturated carbocycles. The minimum atomic E-state index is -0.490. The molecule has 154 valence electrons. The zero-order chi connectivity index (χ0) is 21.3. The van der Waals surface area contributed by atoms with Gasteiger partial charge in [0, 0.05) is 17.8 Å². The lowest BCUT2D eigenvalue weighted by Crippen LogP contribution is -2.26. The molecular weight excluding hydrogens is 384 g/mol. The smallest absolute Gasteiger partial charge is 0.308 e. The van der Waals surface area contributed by atoms with E-state index in [1.165, 1.54) is 0 Å². The number of hydrogen-bond donors (Lipinski definition) is 3. The SMILES string of the molecule is Cc1ccc(Nc2nc(N)nc(COC(=O)CCNC(=O)c3ccccc3)n2)cc1. The van der Waals surface area contributed by atoms with Crippen LogP contribution in [0.1, 0.15) is 28.2 Å². The molecule has 0 radical (unpaired) electrons. The number of ether oxygens (including phenoxy) is 1. The summed E-state index contributed by atoms with van der Waals surface area (Å²) in [6.45, 7) is 2.00. The fourth-order valence-electron chi connectivity index (χ4n) is 2.51. The highest BCUT2D eigenvalue weighted by Crippen LogP contribution is 2.14. The van der Waals surface area contributed by atoms with Gasteiger partial charge >= 0.3 is 5.97 Å². The number of nitrogen functional groups attached to an aromatic ring is 1. The zero-order valence-corrected chi connectivity index (χ0v) is 16.5. The Morgan fingerprint density at radius 3 is 2.47 bits per heavy atom. The third-order valence-electron chi connectivity index (χ3n) is 4.02. The van der Waals surface area contributed by atoms with E-state index in [-0.39, 0.29) is 43.2 Å². The standard InChI is InChI=1S/C21H22N6O3/c1-14-7-9-16(10-8-14)24-21-26-17(25-20(22)27-21)13-30-18(28)11-12-23-19(29)15-5-3-2-4-6-15/h2-10H,11-13H2,1H3,(H,23,29)(H3,22,24,25,26,27). The summed E-state index contributed by atoms with van der Waals surface area (Å²) in [5, 5.41) is 5.70. The van der Waals surface area contributed by atoms with E-state index in [0.29, 0.717) is 5.56 Å². The lowest BCUT2D eigenvalue weighted by Gasteiger charge is -2.09. The number of hydrogen-bond acceptors (Lipinski definition) is 8. The molecule has 1 heterocycles. The maximum Gasteiger partial charge on any atom is 0.308 e. The van der Waals surface area contributed by atoms with E-state index in [9.17, 15) is 9.59 Å². The van der Waals surface area contributed by atoms with Crippen LogP contribution in [0, 0.1) is 6.92 Å². The van der Waals surface area contributed by atoms with Crippen LogP contribution in [0.5, 0.6) is 0 Å². The first-order valence-corrected chi connectivity index (χ1v) is 9.32. The van der Waals surface area contributed by atoms with Crippen LogP contribution >= 0.6 is 0 Å². The van der Waals surface area contributed by atoms with Gasteiger partial charge in [0.1, 0.15) is 0 Å². The normalized spacial score (nSPS) is 10.3. The molecule has 3 aromatic rings. The van der Waals surface area contributed by atoms with Crippen molar-refractivity contribution in [1.29, 1.82) is 0 Å². The summed E-state index contributed by atoms with van der Waals surface area (Å²) in [5.74, 6) is -0.247. The monoisotopic (exact) mass is 406 g/mol. The average Bonchev–Trinajstić information content (AvgIpc) is 2.74. The minimum absolute atomic E-state index is 0.0146. The maximum atomic E-state index is 11.9. The number of nitrogens with zero attached hydrogens (tertiary/aromatic N) is 3. The Labute approximate surface area is 173 Å². The second kappa shape index (κ2) is 9.97. The van der Waals surface area contributed by atoms with Crippen LogP contribution in [-0.4, -0.2) is 33.4 Å².